The molecule has 0 aliphatic carbocycles. The second-order valence-corrected chi connectivity index (χ2v) is 3.07. The standard InChI is InChI=1S/C10H11N3O/c1-7-2-3-8(5-12-7)10-9(4-11)6-13-14-10/h2-3,5-6H,4,11H2,1H3. The Morgan fingerprint density at radius 3 is 2.86 bits per heavy atom. The molecule has 0 amide bonds. The molecule has 0 saturated heterocycles. The molecule has 0 atom stereocenters. The summed E-state index contributed by atoms with van der Waals surface area (Å²) in [4.78, 5) is 4.18. The average molecular weight is 189 g/mol. The number of rotatable bonds is 2. The molecule has 2 rings (SSSR count). The highest BCUT2D eigenvalue weighted by atomic mass is 16.5. The van der Waals surface area contributed by atoms with E-state index in [1.807, 2.05) is 19.1 Å². The largest absolute Gasteiger partial charge is 0.356 e. The van der Waals surface area contributed by atoms with Gasteiger partial charge in [-0.2, -0.15) is 0 Å². The van der Waals surface area contributed by atoms with Crippen LogP contribution in [0.1, 0.15) is 11.3 Å². The van der Waals surface area contributed by atoms with Crippen LogP contribution in [0.4, 0.5) is 0 Å². The van der Waals surface area contributed by atoms with Crippen LogP contribution in [0.3, 0.4) is 0 Å². The monoisotopic (exact) mass is 189 g/mol. The summed E-state index contributed by atoms with van der Waals surface area (Å²) in [6.07, 6.45) is 3.39. The molecule has 0 fully saturated rings. The van der Waals surface area contributed by atoms with Gasteiger partial charge in [-0.1, -0.05) is 5.16 Å². The average Bonchev–Trinajstić information content (AvgIpc) is 2.67. The fraction of sp³-hybridized carbons (Fsp3) is 0.200. The van der Waals surface area contributed by atoms with Gasteiger partial charge in [-0.25, -0.2) is 0 Å². The van der Waals surface area contributed by atoms with Gasteiger partial charge >= 0.3 is 0 Å². The molecule has 4 nitrogen and oxygen atoms in total. The van der Waals surface area contributed by atoms with E-state index in [9.17, 15) is 0 Å². The third kappa shape index (κ3) is 1.52. The SMILES string of the molecule is Cc1ccc(-c2oncc2CN)cn1. The Bertz CT molecular complexity index is 419. The first kappa shape index (κ1) is 8.90. The lowest BCUT2D eigenvalue weighted by Crippen LogP contribution is -1.96. The zero-order valence-electron chi connectivity index (χ0n) is 7.90. The van der Waals surface area contributed by atoms with Gasteiger partial charge < -0.3 is 10.3 Å². The van der Waals surface area contributed by atoms with E-state index in [4.69, 9.17) is 10.3 Å². The van der Waals surface area contributed by atoms with Crippen molar-refractivity contribution in [2.45, 2.75) is 13.5 Å². The summed E-state index contributed by atoms with van der Waals surface area (Å²) >= 11 is 0. The molecule has 2 aromatic heterocycles. The third-order valence-corrected chi connectivity index (χ3v) is 2.04. The number of aromatic nitrogens is 2. The summed E-state index contributed by atoms with van der Waals surface area (Å²) in [5, 5.41) is 3.71. The van der Waals surface area contributed by atoms with Crippen LogP contribution in [0.15, 0.2) is 29.0 Å². The van der Waals surface area contributed by atoms with Crippen molar-refractivity contribution < 1.29 is 4.52 Å². The topological polar surface area (TPSA) is 64.9 Å². The van der Waals surface area contributed by atoms with Crippen molar-refractivity contribution >= 4 is 0 Å². The number of pyridine rings is 1. The highest BCUT2D eigenvalue weighted by Crippen LogP contribution is 2.22. The zero-order chi connectivity index (χ0) is 9.97. The van der Waals surface area contributed by atoms with E-state index in [0.29, 0.717) is 12.3 Å². The first-order valence-electron chi connectivity index (χ1n) is 4.38. The van der Waals surface area contributed by atoms with Crippen molar-refractivity contribution in [3.05, 3.63) is 35.8 Å². The van der Waals surface area contributed by atoms with Gasteiger partial charge in [0.1, 0.15) is 0 Å². The lowest BCUT2D eigenvalue weighted by atomic mass is 10.1. The van der Waals surface area contributed by atoms with E-state index in [2.05, 4.69) is 10.1 Å². The summed E-state index contributed by atoms with van der Waals surface area (Å²) in [5.74, 6) is 0.708. The van der Waals surface area contributed by atoms with Crippen LogP contribution in [-0.4, -0.2) is 10.1 Å². The minimum absolute atomic E-state index is 0.423. The summed E-state index contributed by atoms with van der Waals surface area (Å²) in [6, 6.07) is 3.88. The summed E-state index contributed by atoms with van der Waals surface area (Å²) in [7, 11) is 0. The molecule has 2 aromatic rings. The quantitative estimate of drug-likeness (QED) is 0.777. The second kappa shape index (κ2) is 3.59. The normalized spacial score (nSPS) is 10.4. The third-order valence-electron chi connectivity index (χ3n) is 2.04. The molecule has 2 heterocycles. The van der Waals surface area contributed by atoms with Gasteiger partial charge in [0, 0.05) is 29.6 Å². The lowest BCUT2D eigenvalue weighted by molar-refractivity contribution is 0.431. The number of nitrogens with two attached hydrogens (primary N) is 1. The molecular formula is C10H11N3O. The van der Waals surface area contributed by atoms with E-state index in [-0.39, 0.29) is 0 Å². The molecule has 0 aromatic carbocycles. The molecule has 0 saturated carbocycles. The first-order valence-corrected chi connectivity index (χ1v) is 4.38. The molecule has 72 valence electrons. The smallest absolute Gasteiger partial charge is 0.172 e. The predicted octanol–water partition coefficient (Wildman–Crippen LogP) is 1.50. The molecule has 0 aliphatic heterocycles. The van der Waals surface area contributed by atoms with Crippen molar-refractivity contribution in [2.75, 3.05) is 0 Å². The van der Waals surface area contributed by atoms with Crippen LogP contribution in [0.5, 0.6) is 0 Å². The van der Waals surface area contributed by atoms with Gasteiger partial charge in [-0.05, 0) is 19.1 Å². The highest BCUT2D eigenvalue weighted by Gasteiger charge is 2.08. The Hall–Kier alpha value is -1.68. The van der Waals surface area contributed by atoms with Crippen LogP contribution in [0.2, 0.25) is 0 Å². The highest BCUT2D eigenvalue weighted by molar-refractivity contribution is 5.59. The molecule has 0 radical (unpaired) electrons. The van der Waals surface area contributed by atoms with E-state index in [1.165, 1.54) is 0 Å². The lowest BCUT2D eigenvalue weighted by Gasteiger charge is -1.98. The Morgan fingerprint density at radius 2 is 2.21 bits per heavy atom. The van der Waals surface area contributed by atoms with Crippen LogP contribution in [-0.2, 0) is 6.54 Å². The fourth-order valence-corrected chi connectivity index (χ4v) is 1.25. The predicted molar refractivity (Wildman–Crippen MR) is 52.4 cm³/mol. The van der Waals surface area contributed by atoms with E-state index in [1.54, 1.807) is 12.4 Å². The maximum atomic E-state index is 5.54. The van der Waals surface area contributed by atoms with Crippen molar-refractivity contribution in [3.63, 3.8) is 0 Å². The maximum absolute atomic E-state index is 5.54. The van der Waals surface area contributed by atoms with Crippen LogP contribution in [0, 0.1) is 6.92 Å². The minimum Gasteiger partial charge on any atom is -0.356 e. The van der Waals surface area contributed by atoms with Gasteiger partial charge in [0.05, 0.1) is 6.20 Å². The summed E-state index contributed by atoms with van der Waals surface area (Å²) < 4.78 is 5.11. The van der Waals surface area contributed by atoms with Crippen LogP contribution in [0.25, 0.3) is 11.3 Å². The molecule has 4 heteroatoms. The van der Waals surface area contributed by atoms with E-state index < -0.39 is 0 Å². The van der Waals surface area contributed by atoms with Crippen molar-refractivity contribution in [1.82, 2.24) is 10.1 Å². The summed E-state index contributed by atoms with van der Waals surface area (Å²) in [5.41, 5.74) is 8.33. The van der Waals surface area contributed by atoms with Gasteiger partial charge in [0.2, 0.25) is 0 Å². The Morgan fingerprint density at radius 1 is 1.36 bits per heavy atom. The number of aryl methyl sites for hydroxylation is 1. The maximum Gasteiger partial charge on any atom is 0.172 e. The molecule has 0 spiro atoms. The van der Waals surface area contributed by atoms with Crippen LogP contribution < -0.4 is 5.73 Å². The zero-order valence-corrected chi connectivity index (χ0v) is 7.90. The molecule has 0 aliphatic rings. The van der Waals surface area contributed by atoms with Crippen molar-refractivity contribution in [1.29, 1.82) is 0 Å². The number of nitrogens with zero attached hydrogens (tertiary/aromatic N) is 2. The number of hydrogen-bond donors (Lipinski definition) is 1. The van der Waals surface area contributed by atoms with Gasteiger partial charge in [0.15, 0.2) is 5.76 Å². The van der Waals surface area contributed by atoms with E-state index in [0.717, 1.165) is 16.8 Å². The fourth-order valence-electron chi connectivity index (χ4n) is 1.25. The van der Waals surface area contributed by atoms with Crippen molar-refractivity contribution in [2.24, 2.45) is 5.73 Å². The van der Waals surface area contributed by atoms with E-state index >= 15 is 0 Å². The van der Waals surface area contributed by atoms with Gasteiger partial charge in [-0.3, -0.25) is 4.98 Å². The molecule has 14 heavy (non-hydrogen) atoms. The number of hydrogen-bond acceptors (Lipinski definition) is 4. The molecule has 0 unspecified atom stereocenters. The Balaban J connectivity index is 2.44. The van der Waals surface area contributed by atoms with Crippen molar-refractivity contribution in [3.8, 4) is 11.3 Å². The summed E-state index contributed by atoms with van der Waals surface area (Å²) in [6.45, 7) is 2.36. The molecular weight excluding hydrogens is 178 g/mol. The van der Waals surface area contributed by atoms with Gasteiger partial charge in [0.25, 0.3) is 0 Å². The Kier molecular flexibility index (Phi) is 2.28. The van der Waals surface area contributed by atoms with Gasteiger partial charge in [-0.15, -0.1) is 0 Å². The first-order chi connectivity index (χ1) is 6.81. The Labute approximate surface area is 81.7 Å². The van der Waals surface area contributed by atoms with Crippen LogP contribution >= 0.6 is 0 Å². The molecule has 2 N–H and O–H groups in total. The minimum atomic E-state index is 0.423. The molecule has 0 bridgehead atoms. The second-order valence-electron chi connectivity index (χ2n) is 3.07.